The fourth-order valence-electron chi connectivity index (χ4n) is 2.40. The highest BCUT2D eigenvalue weighted by Crippen LogP contribution is 2.20. The van der Waals surface area contributed by atoms with Gasteiger partial charge in [0.2, 0.25) is 0 Å². The Kier molecular flexibility index (Phi) is 3.30. The van der Waals surface area contributed by atoms with E-state index >= 15 is 0 Å². The van der Waals surface area contributed by atoms with Crippen LogP contribution in [0.3, 0.4) is 0 Å². The summed E-state index contributed by atoms with van der Waals surface area (Å²) in [7, 11) is 1.67. The summed E-state index contributed by atoms with van der Waals surface area (Å²) in [4.78, 5) is 32.5. The van der Waals surface area contributed by atoms with Crippen LogP contribution in [0.2, 0.25) is 0 Å². The van der Waals surface area contributed by atoms with Crippen molar-refractivity contribution in [3.63, 3.8) is 0 Å². The highest BCUT2D eigenvalue weighted by molar-refractivity contribution is 5.98. The minimum absolute atomic E-state index is 0.105. The fourth-order valence-corrected chi connectivity index (χ4v) is 2.40. The number of rotatable bonds is 3. The monoisotopic (exact) mass is 295 g/mol. The molecule has 2 aromatic heterocycles. The summed E-state index contributed by atoms with van der Waals surface area (Å²) in [5.74, 6) is -0.795. The lowest BCUT2D eigenvalue weighted by molar-refractivity contribution is 0.1000. The standard InChI is InChI=1S/C15H13N5O2/c1-19-13(11-9-17-7-8-18-11)12(14(16)21)15(22)20(19)10-5-3-2-4-6-10/h2-9H,1H3,(H2,16,21). The molecule has 22 heavy (non-hydrogen) atoms. The van der Waals surface area contributed by atoms with Gasteiger partial charge in [-0.2, -0.15) is 0 Å². The van der Waals surface area contributed by atoms with Crippen LogP contribution in [0.1, 0.15) is 10.4 Å². The molecule has 0 saturated heterocycles. The lowest BCUT2D eigenvalue weighted by atomic mass is 10.2. The molecule has 0 radical (unpaired) electrons. The first-order valence-electron chi connectivity index (χ1n) is 6.55. The quantitative estimate of drug-likeness (QED) is 0.770. The fraction of sp³-hybridized carbons (Fsp3) is 0.0667. The summed E-state index contributed by atoms with van der Waals surface area (Å²) in [5.41, 5.74) is 6.19. The topological polar surface area (TPSA) is 95.8 Å². The average Bonchev–Trinajstić information content (AvgIpc) is 2.80. The lowest BCUT2D eigenvalue weighted by Gasteiger charge is -2.09. The molecule has 0 fully saturated rings. The van der Waals surface area contributed by atoms with E-state index in [1.165, 1.54) is 23.3 Å². The van der Waals surface area contributed by atoms with E-state index in [-0.39, 0.29) is 5.56 Å². The summed E-state index contributed by atoms with van der Waals surface area (Å²) >= 11 is 0. The molecule has 110 valence electrons. The van der Waals surface area contributed by atoms with Crippen molar-refractivity contribution >= 4 is 5.91 Å². The van der Waals surface area contributed by atoms with E-state index in [2.05, 4.69) is 9.97 Å². The number of primary amides is 1. The summed E-state index contributed by atoms with van der Waals surface area (Å²) < 4.78 is 2.94. The highest BCUT2D eigenvalue weighted by Gasteiger charge is 2.24. The molecule has 2 N–H and O–H groups in total. The van der Waals surface area contributed by atoms with Crippen LogP contribution in [0.4, 0.5) is 0 Å². The minimum atomic E-state index is -0.795. The Morgan fingerprint density at radius 1 is 1.18 bits per heavy atom. The Labute approximate surface area is 125 Å². The van der Waals surface area contributed by atoms with Gasteiger partial charge in [-0.15, -0.1) is 0 Å². The second-order valence-corrected chi connectivity index (χ2v) is 4.65. The van der Waals surface area contributed by atoms with Crippen molar-refractivity contribution in [3.05, 3.63) is 64.8 Å². The third kappa shape index (κ3) is 2.08. The molecule has 7 heteroatoms. The molecule has 0 spiro atoms. The van der Waals surface area contributed by atoms with Gasteiger partial charge in [0, 0.05) is 19.4 Å². The molecule has 7 nitrogen and oxygen atoms in total. The van der Waals surface area contributed by atoms with Crippen molar-refractivity contribution in [1.82, 2.24) is 19.3 Å². The number of nitrogens with zero attached hydrogens (tertiary/aromatic N) is 4. The molecule has 1 aromatic carbocycles. The van der Waals surface area contributed by atoms with Crippen molar-refractivity contribution in [3.8, 4) is 17.1 Å². The van der Waals surface area contributed by atoms with E-state index < -0.39 is 11.5 Å². The number of amides is 1. The van der Waals surface area contributed by atoms with E-state index in [1.54, 1.807) is 36.0 Å². The van der Waals surface area contributed by atoms with Gasteiger partial charge < -0.3 is 5.73 Å². The number of aromatic nitrogens is 4. The van der Waals surface area contributed by atoms with E-state index in [4.69, 9.17) is 5.73 Å². The SMILES string of the molecule is Cn1c(-c2cnccn2)c(C(N)=O)c(=O)n1-c1ccccc1. The predicted molar refractivity (Wildman–Crippen MR) is 80.6 cm³/mol. The molecule has 0 atom stereocenters. The van der Waals surface area contributed by atoms with Gasteiger partial charge in [0.25, 0.3) is 11.5 Å². The summed E-state index contributed by atoms with van der Waals surface area (Å²) in [6, 6.07) is 9.00. The predicted octanol–water partition coefficient (Wildman–Crippen LogP) is 0.732. The molecule has 1 amide bonds. The van der Waals surface area contributed by atoms with Gasteiger partial charge >= 0.3 is 0 Å². The molecular formula is C15H13N5O2. The maximum absolute atomic E-state index is 12.6. The van der Waals surface area contributed by atoms with Gasteiger partial charge in [0.05, 0.1) is 11.9 Å². The van der Waals surface area contributed by atoms with Gasteiger partial charge in [-0.1, -0.05) is 18.2 Å². The number of carbonyl (C=O) groups is 1. The Balaban J connectivity index is 2.37. The molecule has 2 heterocycles. The molecule has 0 unspecified atom stereocenters. The van der Waals surface area contributed by atoms with Crippen LogP contribution < -0.4 is 11.3 Å². The van der Waals surface area contributed by atoms with Crippen LogP contribution in [-0.4, -0.2) is 25.2 Å². The summed E-state index contributed by atoms with van der Waals surface area (Å²) in [5, 5.41) is 0. The molecule has 0 aliphatic rings. The van der Waals surface area contributed by atoms with E-state index in [1.807, 2.05) is 6.07 Å². The Bertz CT molecular complexity index is 882. The van der Waals surface area contributed by atoms with Crippen LogP contribution in [-0.2, 0) is 7.05 Å². The van der Waals surface area contributed by atoms with Crippen LogP contribution in [0, 0.1) is 0 Å². The van der Waals surface area contributed by atoms with Gasteiger partial charge in [-0.05, 0) is 12.1 Å². The second-order valence-electron chi connectivity index (χ2n) is 4.65. The molecule has 0 saturated carbocycles. The largest absolute Gasteiger partial charge is 0.365 e. The first-order valence-corrected chi connectivity index (χ1v) is 6.55. The smallest absolute Gasteiger partial charge is 0.284 e. The zero-order chi connectivity index (χ0) is 15.7. The average molecular weight is 295 g/mol. The van der Waals surface area contributed by atoms with Crippen molar-refractivity contribution in [1.29, 1.82) is 0 Å². The summed E-state index contributed by atoms with van der Waals surface area (Å²) in [6.45, 7) is 0. The van der Waals surface area contributed by atoms with Crippen molar-refractivity contribution in [2.24, 2.45) is 12.8 Å². The van der Waals surface area contributed by atoms with E-state index in [0.717, 1.165) is 0 Å². The molecular weight excluding hydrogens is 282 g/mol. The van der Waals surface area contributed by atoms with Crippen LogP contribution in [0.15, 0.2) is 53.7 Å². The van der Waals surface area contributed by atoms with E-state index in [9.17, 15) is 9.59 Å². The molecule has 3 aromatic rings. The number of para-hydroxylation sites is 1. The van der Waals surface area contributed by atoms with Crippen LogP contribution >= 0.6 is 0 Å². The van der Waals surface area contributed by atoms with Crippen molar-refractivity contribution < 1.29 is 4.79 Å². The number of nitrogens with two attached hydrogens (primary N) is 1. The summed E-state index contributed by atoms with van der Waals surface area (Å²) in [6.07, 6.45) is 4.49. The minimum Gasteiger partial charge on any atom is -0.365 e. The number of carbonyl (C=O) groups excluding carboxylic acids is 1. The number of hydrogen-bond donors (Lipinski definition) is 1. The third-order valence-corrected chi connectivity index (χ3v) is 3.32. The Hall–Kier alpha value is -3.22. The zero-order valence-corrected chi connectivity index (χ0v) is 11.8. The van der Waals surface area contributed by atoms with Crippen molar-refractivity contribution in [2.45, 2.75) is 0 Å². The van der Waals surface area contributed by atoms with Gasteiger partial charge in [0.15, 0.2) is 0 Å². The maximum atomic E-state index is 12.6. The molecule has 0 bridgehead atoms. The normalized spacial score (nSPS) is 10.6. The second kappa shape index (κ2) is 5.28. The first-order chi connectivity index (χ1) is 10.6. The number of hydrogen-bond acceptors (Lipinski definition) is 4. The number of benzene rings is 1. The van der Waals surface area contributed by atoms with Crippen LogP contribution in [0.5, 0.6) is 0 Å². The van der Waals surface area contributed by atoms with E-state index in [0.29, 0.717) is 17.1 Å². The first kappa shape index (κ1) is 13.7. The molecule has 3 rings (SSSR count). The zero-order valence-electron chi connectivity index (χ0n) is 11.8. The lowest BCUT2D eigenvalue weighted by Crippen LogP contribution is -2.25. The Morgan fingerprint density at radius 2 is 1.91 bits per heavy atom. The Morgan fingerprint density at radius 3 is 2.50 bits per heavy atom. The molecule has 0 aliphatic carbocycles. The van der Waals surface area contributed by atoms with Gasteiger partial charge in [0.1, 0.15) is 17.0 Å². The van der Waals surface area contributed by atoms with Gasteiger partial charge in [-0.25, -0.2) is 4.68 Å². The van der Waals surface area contributed by atoms with Crippen molar-refractivity contribution in [2.75, 3.05) is 0 Å². The van der Waals surface area contributed by atoms with Gasteiger partial charge in [-0.3, -0.25) is 24.2 Å². The maximum Gasteiger partial charge on any atom is 0.284 e. The highest BCUT2D eigenvalue weighted by atomic mass is 16.2. The molecule has 0 aliphatic heterocycles. The third-order valence-electron chi connectivity index (χ3n) is 3.32. The van der Waals surface area contributed by atoms with Crippen LogP contribution in [0.25, 0.3) is 17.1 Å².